The Morgan fingerprint density at radius 2 is 1.18 bits per heavy atom. The molecule has 86 valence electrons. The van der Waals surface area contributed by atoms with Gasteiger partial charge < -0.3 is 0 Å². The number of fused-ring (bicyclic) bond motifs is 2. The summed E-state index contributed by atoms with van der Waals surface area (Å²) in [7, 11) is 13.2. The molecule has 0 atom stereocenters. The van der Waals surface area contributed by atoms with Gasteiger partial charge in [0.15, 0.2) is 0 Å². The van der Waals surface area contributed by atoms with Crippen molar-refractivity contribution in [3.05, 3.63) is 59.7 Å². The van der Waals surface area contributed by atoms with Gasteiger partial charge in [-0.2, -0.15) is 0 Å². The van der Waals surface area contributed by atoms with Crippen molar-refractivity contribution in [3.63, 3.8) is 0 Å². The van der Waals surface area contributed by atoms with Gasteiger partial charge in [-0.05, 0) is 0 Å². The second-order valence-corrected chi connectivity index (χ2v) is 16.2. The Morgan fingerprint density at radius 3 is 1.65 bits per heavy atom. The van der Waals surface area contributed by atoms with Crippen LogP contribution in [0.2, 0.25) is 0 Å². The number of halogens is 2. The van der Waals surface area contributed by atoms with E-state index in [1.54, 1.807) is 12.1 Å². The number of hydrogen-bond acceptors (Lipinski definition) is 1. The maximum atomic E-state index is 12.3. The van der Waals surface area contributed by atoms with Gasteiger partial charge in [0.05, 0.1) is 0 Å². The van der Waals surface area contributed by atoms with Crippen LogP contribution in [0.4, 0.5) is 0 Å². The van der Waals surface area contributed by atoms with Gasteiger partial charge >= 0.3 is 111 Å². The average Bonchev–Trinajstić information content (AvgIpc) is 2.37. The molecule has 0 aliphatic carbocycles. The fraction of sp³-hybridized carbons (Fsp3) is 0. The second kappa shape index (κ2) is 4.00. The van der Waals surface area contributed by atoms with E-state index >= 15 is 0 Å². The number of ketones is 1. The first kappa shape index (κ1) is 11.6. The van der Waals surface area contributed by atoms with E-state index in [0.29, 0.717) is 11.1 Å². The number of carbonyl (C=O) groups is 1. The van der Waals surface area contributed by atoms with Crippen LogP contribution in [0.5, 0.6) is 0 Å². The van der Waals surface area contributed by atoms with E-state index in [9.17, 15) is 4.79 Å². The minimum absolute atomic E-state index is 0.0272. The fourth-order valence-corrected chi connectivity index (χ4v) is 10.2. The van der Waals surface area contributed by atoms with Crippen molar-refractivity contribution in [1.29, 1.82) is 0 Å². The van der Waals surface area contributed by atoms with Crippen LogP contribution in [-0.4, -0.2) is 21.7 Å². The summed E-state index contributed by atoms with van der Waals surface area (Å²) >= 11 is -3.34. The summed E-state index contributed by atoms with van der Waals surface area (Å²) in [4.78, 5) is 12.3. The molecule has 3 rings (SSSR count). The second-order valence-electron chi connectivity index (χ2n) is 3.79. The third-order valence-electron chi connectivity index (χ3n) is 2.82. The number of benzene rings is 2. The van der Waals surface area contributed by atoms with Crippen LogP contribution in [0.1, 0.15) is 15.9 Å². The monoisotopic (exact) mass is 380 g/mol. The zero-order valence-electron chi connectivity index (χ0n) is 8.69. The van der Waals surface area contributed by atoms with Crippen LogP contribution < -0.4 is 7.22 Å². The van der Waals surface area contributed by atoms with Gasteiger partial charge in [0.1, 0.15) is 0 Å². The number of hydrogen-bond donors (Lipinski definition) is 0. The van der Waals surface area contributed by atoms with Gasteiger partial charge in [0.25, 0.3) is 0 Å². The molecule has 0 saturated heterocycles. The maximum absolute atomic E-state index is 12.3. The Bertz CT molecular complexity index is 571. The molecular weight excluding hydrogens is 371 g/mol. The molecule has 0 fully saturated rings. The predicted molar refractivity (Wildman–Crippen MR) is 73.0 cm³/mol. The molecule has 2 aromatic rings. The standard InChI is InChI=1S/C13H8Cl2OTe/c14-17(15)11-7-3-1-5-9(11)13(16)10-6-2-4-8-12(10)17/h1-8H. The molecule has 0 saturated carbocycles. The Balaban J connectivity index is 2.38. The minimum atomic E-state index is -3.34. The summed E-state index contributed by atoms with van der Waals surface area (Å²) in [5.41, 5.74) is 1.33. The zero-order valence-corrected chi connectivity index (χ0v) is 12.5. The molecule has 2 aromatic carbocycles. The molecule has 0 N–H and O–H groups in total. The van der Waals surface area contributed by atoms with Gasteiger partial charge in [-0.1, -0.05) is 0 Å². The van der Waals surface area contributed by atoms with Crippen molar-refractivity contribution < 1.29 is 4.79 Å². The van der Waals surface area contributed by atoms with Crippen molar-refractivity contribution in [2.24, 2.45) is 0 Å². The van der Waals surface area contributed by atoms with Crippen LogP contribution in [0.25, 0.3) is 0 Å². The summed E-state index contributed by atoms with van der Waals surface area (Å²) < 4.78 is 1.70. The molecule has 1 aliphatic heterocycles. The third-order valence-corrected chi connectivity index (χ3v) is 12.5. The SMILES string of the molecule is O=C1c2ccccc2[Te](Cl)(Cl)c2ccccc21. The van der Waals surface area contributed by atoms with E-state index in [0.717, 1.165) is 7.22 Å². The van der Waals surface area contributed by atoms with Gasteiger partial charge in [-0.3, -0.25) is 0 Å². The van der Waals surface area contributed by atoms with E-state index in [1.807, 2.05) is 36.4 Å². The Labute approximate surface area is 111 Å². The molecule has 1 heterocycles. The first-order valence-electron chi connectivity index (χ1n) is 5.08. The molecule has 0 bridgehead atoms. The van der Waals surface area contributed by atoms with Crippen molar-refractivity contribution >= 4 is 46.9 Å². The Morgan fingerprint density at radius 1 is 0.765 bits per heavy atom. The quantitative estimate of drug-likeness (QED) is 0.643. The molecule has 0 amide bonds. The molecule has 0 unspecified atom stereocenters. The summed E-state index contributed by atoms with van der Waals surface area (Å²) in [6, 6.07) is 14.8. The van der Waals surface area contributed by atoms with Crippen LogP contribution >= 0.6 is 17.9 Å². The van der Waals surface area contributed by atoms with Crippen LogP contribution in [-0.2, 0) is 0 Å². The van der Waals surface area contributed by atoms with Gasteiger partial charge in [0.2, 0.25) is 0 Å². The molecule has 4 heteroatoms. The molecule has 1 nitrogen and oxygen atoms in total. The van der Waals surface area contributed by atoms with E-state index in [4.69, 9.17) is 17.9 Å². The molecule has 17 heavy (non-hydrogen) atoms. The summed E-state index contributed by atoms with van der Waals surface area (Å²) in [5, 5.41) is 0. The number of carbonyl (C=O) groups excluding carboxylic acids is 1. The molecule has 0 aromatic heterocycles. The van der Waals surface area contributed by atoms with E-state index < -0.39 is 15.9 Å². The van der Waals surface area contributed by atoms with Crippen LogP contribution in [0, 0.1) is 0 Å². The van der Waals surface area contributed by atoms with Crippen LogP contribution in [0.3, 0.4) is 0 Å². The van der Waals surface area contributed by atoms with Crippen molar-refractivity contribution in [2.75, 3.05) is 0 Å². The third kappa shape index (κ3) is 1.63. The van der Waals surface area contributed by atoms with Crippen molar-refractivity contribution in [2.45, 2.75) is 0 Å². The van der Waals surface area contributed by atoms with Gasteiger partial charge in [-0.25, -0.2) is 0 Å². The average molecular weight is 379 g/mol. The first-order chi connectivity index (χ1) is 8.12. The Hall–Kier alpha value is -0.520. The molecular formula is C13H8Cl2OTe. The predicted octanol–water partition coefficient (Wildman–Crippen LogP) is 2.27. The van der Waals surface area contributed by atoms with E-state index in [2.05, 4.69) is 0 Å². The fourth-order valence-electron chi connectivity index (χ4n) is 2.02. The Kier molecular flexibility index (Phi) is 2.72. The zero-order chi connectivity index (χ0) is 12.0. The summed E-state index contributed by atoms with van der Waals surface area (Å²) in [6.45, 7) is 0. The molecule has 0 spiro atoms. The van der Waals surface area contributed by atoms with Gasteiger partial charge in [0, 0.05) is 0 Å². The van der Waals surface area contributed by atoms with E-state index in [-0.39, 0.29) is 5.78 Å². The topological polar surface area (TPSA) is 17.1 Å². The van der Waals surface area contributed by atoms with Crippen molar-refractivity contribution in [1.82, 2.24) is 0 Å². The summed E-state index contributed by atoms with van der Waals surface area (Å²) in [6.07, 6.45) is 0. The van der Waals surface area contributed by atoms with Gasteiger partial charge in [-0.15, -0.1) is 0 Å². The normalized spacial score (nSPS) is 18.1. The number of rotatable bonds is 0. The van der Waals surface area contributed by atoms with Crippen molar-refractivity contribution in [3.8, 4) is 0 Å². The molecule has 0 radical (unpaired) electrons. The summed E-state index contributed by atoms with van der Waals surface area (Å²) in [5.74, 6) is 0.0272. The molecule has 1 aliphatic rings. The first-order valence-corrected chi connectivity index (χ1v) is 13.3. The van der Waals surface area contributed by atoms with E-state index in [1.165, 1.54) is 0 Å². The van der Waals surface area contributed by atoms with Crippen LogP contribution in [0.15, 0.2) is 48.5 Å².